The van der Waals surface area contributed by atoms with Crippen molar-refractivity contribution < 1.29 is 4.79 Å². The maximum atomic E-state index is 12.7. The zero-order valence-electron chi connectivity index (χ0n) is 15.2. The number of rotatable bonds is 5. The summed E-state index contributed by atoms with van der Waals surface area (Å²) < 4.78 is 2.37. The van der Waals surface area contributed by atoms with Crippen molar-refractivity contribution in [2.24, 2.45) is 0 Å². The van der Waals surface area contributed by atoms with E-state index < -0.39 is 0 Å². The average molecular weight is 368 g/mol. The van der Waals surface area contributed by atoms with E-state index in [-0.39, 0.29) is 5.91 Å². The van der Waals surface area contributed by atoms with Crippen LogP contribution in [0.4, 0.5) is 0 Å². The number of hydrogen-bond acceptors (Lipinski definition) is 3. The number of aromatic nitrogens is 2. The number of carbonyl (C=O) groups excluding carboxylic acids is 1. The summed E-state index contributed by atoms with van der Waals surface area (Å²) in [5.74, 6) is 1.73. The lowest BCUT2D eigenvalue weighted by Gasteiger charge is -2.32. The normalized spacial score (nSPS) is 17.7. The maximum Gasteiger partial charge on any atom is 0.227 e. The summed E-state index contributed by atoms with van der Waals surface area (Å²) in [6.07, 6.45) is 3.77. The van der Waals surface area contributed by atoms with Crippen LogP contribution in [0.3, 0.4) is 0 Å². The molecule has 136 valence electrons. The van der Waals surface area contributed by atoms with E-state index >= 15 is 0 Å². The molecule has 1 aliphatic rings. The molecule has 3 aromatic rings. The van der Waals surface area contributed by atoms with E-state index in [9.17, 15) is 4.79 Å². The van der Waals surface area contributed by atoms with E-state index in [1.807, 2.05) is 28.5 Å². The minimum absolute atomic E-state index is 0.246. The van der Waals surface area contributed by atoms with Crippen molar-refractivity contribution in [3.05, 3.63) is 52.5 Å². The highest BCUT2D eigenvalue weighted by atomic mass is 32.1. The van der Waals surface area contributed by atoms with Crippen molar-refractivity contribution in [3.8, 4) is 0 Å². The maximum absolute atomic E-state index is 12.7. The molecule has 0 spiro atoms. The van der Waals surface area contributed by atoms with Gasteiger partial charge in [0.15, 0.2) is 0 Å². The first-order valence-electron chi connectivity index (χ1n) is 9.51. The standard InChI is InChI=1S/C21H25N3OS/c1-2-11-24-19-10-4-3-9-18(19)22-21(24)16-7-5-12-23(15-16)20(25)14-17-8-6-13-26-17/h3-4,6,8-10,13,16H,2,5,7,11-12,14-15H2,1H3. The lowest BCUT2D eigenvalue weighted by Crippen LogP contribution is -2.40. The molecule has 1 aromatic carbocycles. The highest BCUT2D eigenvalue weighted by Gasteiger charge is 2.28. The van der Waals surface area contributed by atoms with Gasteiger partial charge in [-0.25, -0.2) is 4.98 Å². The van der Waals surface area contributed by atoms with Crippen LogP contribution in [0.1, 0.15) is 42.8 Å². The smallest absolute Gasteiger partial charge is 0.227 e. The second kappa shape index (κ2) is 7.62. The van der Waals surface area contributed by atoms with Gasteiger partial charge in [0.1, 0.15) is 5.82 Å². The quantitative estimate of drug-likeness (QED) is 0.668. The van der Waals surface area contributed by atoms with Gasteiger partial charge in [-0.1, -0.05) is 25.1 Å². The molecule has 0 aliphatic carbocycles. The summed E-state index contributed by atoms with van der Waals surface area (Å²) in [6, 6.07) is 12.4. The number of para-hydroxylation sites is 2. The van der Waals surface area contributed by atoms with Crippen LogP contribution in [0.25, 0.3) is 11.0 Å². The number of thiophene rings is 1. The highest BCUT2D eigenvalue weighted by molar-refractivity contribution is 7.10. The highest BCUT2D eigenvalue weighted by Crippen LogP contribution is 2.30. The number of imidazole rings is 1. The molecule has 26 heavy (non-hydrogen) atoms. The number of benzene rings is 1. The van der Waals surface area contributed by atoms with Gasteiger partial charge < -0.3 is 9.47 Å². The minimum atomic E-state index is 0.246. The second-order valence-corrected chi connectivity index (χ2v) is 8.08. The van der Waals surface area contributed by atoms with E-state index in [1.54, 1.807) is 11.3 Å². The van der Waals surface area contributed by atoms with E-state index in [0.29, 0.717) is 12.3 Å². The van der Waals surface area contributed by atoms with Gasteiger partial charge in [-0.05, 0) is 42.8 Å². The van der Waals surface area contributed by atoms with Gasteiger partial charge in [0.25, 0.3) is 0 Å². The number of carbonyl (C=O) groups is 1. The topological polar surface area (TPSA) is 38.1 Å². The molecule has 1 amide bonds. The van der Waals surface area contributed by atoms with Crippen LogP contribution in [0.15, 0.2) is 41.8 Å². The molecule has 2 aromatic heterocycles. The molecule has 0 bridgehead atoms. The Bertz CT molecular complexity index is 884. The zero-order chi connectivity index (χ0) is 17.9. The Morgan fingerprint density at radius 3 is 2.96 bits per heavy atom. The Morgan fingerprint density at radius 1 is 1.27 bits per heavy atom. The number of likely N-dealkylation sites (tertiary alicyclic amines) is 1. The van der Waals surface area contributed by atoms with E-state index in [1.165, 1.54) is 5.52 Å². The molecular formula is C21H25N3OS. The third-order valence-electron chi connectivity index (χ3n) is 5.18. The van der Waals surface area contributed by atoms with Crippen molar-refractivity contribution >= 4 is 28.3 Å². The molecule has 4 nitrogen and oxygen atoms in total. The third-order valence-corrected chi connectivity index (χ3v) is 6.05. The molecular weight excluding hydrogens is 342 g/mol. The zero-order valence-corrected chi connectivity index (χ0v) is 16.0. The van der Waals surface area contributed by atoms with Crippen LogP contribution in [0.5, 0.6) is 0 Å². The lowest BCUT2D eigenvalue weighted by atomic mass is 9.96. The van der Waals surface area contributed by atoms with Gasteiger partial charge in [-0.3, -0.25) is 4.79 Å². The van der Waals surface area contributed by atoms with Crippen LogP contribution in [0, 0.1) is 0 Å². The van der Waals surface area contributed by atoms with Gasteiger partial charge in [-0.2, -0.15) is 0 Å². The summed E-state index contributed by atoms with van der Waals surface area (Å²) in [4.78, 5) is 20.9. The number of nitrogens with zero attached hydrogens (tertiary/aromatic N) is 3. The Hall–Kier alpha value is -2.14. The Morgan fingerprint density at radius 2 is 2.15 bits per heavy atom. The van der Waals surface area contributed by atoms with Crippen molar-refractivity contribution in [2.45, 2.75) is 45.1 Å². The van der Waals surface area contributed by atoms with Gasteiger partial charge in [-0.15, -0.1) is 11.3 Å². The number of piperidine rings is 1. The third kappa shape index (κ3) is 3.40. The molecule has 0 saturated carbocycles. The van der Waals surface area contributed by atoms with E-state index in [0.717, 1.165) is 55.1 Å². The van der Waals surface area contributed by atoms with Crippen molar-refractivity contribution in [1.82, 2.24) is 14.5 Å². The average Bonchev–Trinajstić information content (AvgIpc) is 3.30. The van der Waals surface area contributed by atoms with Crippen LogP contribution < -0.4 is 0 Å². The number of fused-ring (bicyclic) bond motifs is 1. The summed E-state index contributed by atoms with van der Waals surface area (Å²) in [6.45, 7) is 4.84. The molecule has 4 rings (SSSR count). The van der Waals surface area contributed by atoms with E-state index in [4.69, 9.17) is 4.98 Å². The summed E-state index contributed by atoms with van der Waals surface area (Å²) >= 11 is 1.66. The first-order valence-corrected chi connectivity index (χ1v) is 10.4. The molecule has 1 saturated heterocycles. The van der Waals surface area contributed by atoms with Crippen molar-refractivity contribution in [3.63, 3.8) is 0 Å². The van der Waals surface area contributed by atoms with Crippen molar-refractivity contribution in [1.29, 1.82) is 0 Å². The number of aryl methyl sites for hydroxylation is 1. The molecule has 3 heterocycles. The van der Waals surface area contributed by atoms with Crippen LogP contribution in [-0.4, -0.2) is 33.4 Å². The molecule has 0 radical (unpaired) electrons. The lowest BCUT2D eigenvalue weighted by molar-refractivity contribution is -0.131. The van der Waals surface area contributed by atoms with Crippen LogP contribution in [0.2, 0.25) is 0 Å². The monoisotopic (exact) mass is 367 g/mol. The van der Waals surface area contributed by atoms with Gasteiger partial charge in [0.05, 0.1) is 17.5 Å². The largest absolute Gasteiger partial charge is 0.342 e. The first-order chi connectivity index (χ1) is 12.8. The molecule has 1 unspecified atom stereocenters. The fraction of sp³-hybridized carbons (Fsp3) is 0.429. The number of hydrogen-bond donors (Lipinski definition) is 0. The summed E-state index contributed by atoms with van der Waals surface area (Å²) in [5.41, 5.74) is 2.28. The molecule has 1 aliphatic heterocycles. The Balaban J connectivity index is 1.57. The molecule has 1 fully saturated rings. The second-order valence-electron chi connectivity index (χ2n) is 7.05. The SMILES string of the molecule is CCCn1c(C2CCCN(C(=O)Cc3cccs3)C2)nc2ccccc21. The first kappa shape index (κ1) is 17.3. The molecule has 0 N–H and O–H groups in total. The van der Waals surface area contributed by atoms with Crippen LogP contribution >= 0.6 is 11.3 Å². The Kier molecular flexibility index (Phi) is 5.07. The Labute approximate surface area is 158 Å². The predicted octanol–water partition coefficient (Wildman–Crippen LogP) is 4.46. The molecule has 1 atom stereocenters. The van der Waals surface area contributed by atoms with Crippen molar-refractivity contribution in [2.75, 3.05) is 13.1 Å². The van der Waals surface area contributed by atoms with Gasteiger partial charge >= 0.3 is 0 Å². The van der Waals surface area contributed by atoms with Crippen LogP contribution in [-0.2, 0) is 17.8 Å². The van der Waals surface area contributed by atoms with E-state index in [2.05, 4.69) is 29.7 Å². The fourth-order valence-electron chi connectivity index (χ4n) is 3.95. The predicted molar refractivity (Wildman–Crippen MR) is 107 cm³/mol. The molecule has 5 heteroatoms. The summed E-state index contributed by atoms with van der Waals surface area (Å²) in [5, 5.41) is 2.04. The fourth-order valence-corrected chi connectivity index (χ4v) is 4.65. The summed E-state index contributed by atoms with van der Waals surface area (Å²) in [7, 11) is 0. The minimum Gasteiger partial charge on any atom is -0.342 e. The van der Waals surface area contributed by atoms with Gasteiger partial charge in [0.2, 0.25) is 5.91 Å². The van der Waals surface area contributed by atoms with Gasteiger partial charge in [0, 0.05) is 30.4 Å². The number of amides is 1.